The average Bonchev–Trinajstić information content (AvgIpc) is 3.18. The van der Waals surface area contributed by atoms with Crippen molar-refractivity contribution >= 4 is 62.1 Å². The molecule has 1 amide bonds. The van der Waals surface area contributed by atoms with Crippen LogP contribution < -0.4 is 9.21 Å². The van der Waals surface area contributed by atoms with E-state index < -0.39 is 19.7 Å². The molecule has 4 rings (SSSR count). The average molecular weight is 489 g/mol. The van der Waals surface area contributed by atoms with E-state index >= 15 is 0 Å². The van der Waals surface area contributed by atoms with Gasteiger partial charge in [0.2, 0.25) is 0 Å². The molecule has 0 unspecified atom stereocenters. The van der Waals surface area contributed by atoms with Crippen molar-refractivity contribution in [3.05, 3.63) is 54.1 Å². The van der Waals surface area contributed by atoms with Gasteiger partial charge >= 0.3 is 0 Å². The van der Waals surface area contributed by atoms with E-state index in [0.717, 1.165) is 11.3 Å². The molecule has 0 aliphatic carbocycles. The number of benzene rings is 2. The maximum atomic E-state index is 13.1. The smallest absolute Gasteiger partial charge is 0.274 e. The molecule has 30 heavy (non-hydrogen) atoms. The Morgan fingerprint density at radius 3 is 2.10 bits per heavy atom. The summed E-state index contributed by atoms with van der Waals surface area (Å²) in [6.07, 6.45) is 0.630. The molecule has 0 atom stereocenters. The highest BCUT2D eigenvalue weighted by Crippen LogP contribution is 2.39. The Balaban J connectivity index is 1.56. The molecule has 2 aliphatic rings. The summed E-state index contributed by atoms with van der Waals surface area (Å²) in [5, 5.41) is 0. The van der Waals surface area contributed by atoms with E-state index in [4.69, 9.17) is 34.8 Å². The molecular formula is C20H20Cl3N3O3S. The van der Waals surface area contributed by atoms with Gasteiger partial charge in [0.05, 0.1) is 10.6 Å². The lowest BCUT2D eigenvalue weighted by Gasteiger charge is -2.38. The maximum Gasteiger partial charge on any atom is 0.274 e. The minimum atomic E-state index is -3.62. The van der Waals surface area contributed by atoms with Gasteiger partial charge in [0.15, 0.2) is 0 Å². The second-order valence-corrected chi connectivity index (χ2v) is 11.3. The monoisotopic (exact) mass is 487 g/mol. The van der Waals surface area contributed by atoms with Crippen LogP contribution in [0.5, 0.6) is 0 Å². The zero-order chi connectivity index (χ0) is 21.5. The Labute approximate surface area is 191 Å². The number of piperazine rings is 1. The molecule has 0 radical (unpaired) electrons. The van der Waals surface area contributed by atoms with Crippen LogP contribution in [0.4, 0.5) is 11.4 Å². The predicted molar refractivity (Wildman–Crippen MR) is 120 cm³/mol. The first-order chi connectivity index (χ1) is 14.2. The first-order valence-corrected chi connectivity index (χ1v) is 12.1. The molecule has 0 bridgehead atoms. The van der Waals surface area contributed by atoms with Crippen LogP contribution >= 0.6 is 34.8 Å². The number of alkyl halides is 3. The minimum absolute atomic E-state index is 0.280. The molecule has 6 nitrogen and oxygen atoms in total. The first-order valence-electron chi connectivity index (χ1n) is 9.50. The summed E-state index contributed by atoms with van der Waals surface area (Å²) in [5.74, 6) is -0.523. The Hall–Kier alpha value is -1.67. The SMILES string of the molecule is O=C(N1CCN(c2cccc3c2CCN3S(=O)(=O)c2ccccc2)CC1)C(Cl)(Cl)Cl. The molecule has 2 aromatic rings. The van der Waals surface area contributed by atoms with Crippen molar-refractivity contribution in [2.24, 2.45) is 0 Å². The van der Waals surface area contributed by atoms with Gasteiger partial charge in [-0.05, 0) is 30.7 Å². The second kappa shape index (κ2) is 8.11. The molecular weight excluding hydrogens is 469 g/mol. The summed E-state index contributed by atoms with van der Waals surface area (Å²) in [5.41, 5.74) is 2.69. The molecule has 10 heteroatoms. The van der Waals surface area contributed by atoms with Crippen molar-refractivity contribution in [1.29, 1.82) is 0 Å². The van der Waals surface area contributed by atoms with Gasteiger partial charge in [-0.2, -0.15) is 0 Å². The zero-order valence-corrected chi connectivity index (χ0v) is 19.1. The van der Waals surface area contributed by atoms with Crippen molar-refractivity contribution in [2.45, 2.75) is 15.1 Å². The molecule has 2 heterocycles. The van der Waals surface area contributed by atoms with Crippen LogP contribution in [-0.4, -0.2) is 55.7 Å². The lowest BCUT2D eigenvalue weighted by atomic mass is 10.1. The van der Waals surface area contributed by atoms with Crippen molar-refractivity contribution in [3.63, 3.8) is 0 Å². The molecule has 1 saturated heterocycles. The van der Waals surface area contributed by atoms with Gasteiger partial charge in [-0.3, -0.25) is 9.10 Å². The Morgan fingerprint density at radius 1 is 0.833 bits per heavy atom. The quantitative estimate of drug-likeness (QED) is 0.621. The van der Waals surface area contributed by atoms with E-state index in [0.29, 0.717) is 44.8 Å². The predicted octanol–water partition coefficient (Wildman–Crippen LogP) is 3.46. The third kappa shape index (κ3) is 3.96. The number of hydrogen-bond donors (Lipinski definition) is 0. The number of sulfonamides is 1. The molecule has 0 saturated carbocycles. The van der Waals surface area contributed by atoms with E-state index in [1.54, 1.807) is 35.2 Å². The molecule has 160 valence electrons. The molecule has 1 fully saturated rings. The Morgan fingerprint density at radius 2 is 1.47 bits per heavy atom. The number of hydrogen-bond acceptors (Lipinski definition) is 4. The van der Waals surface area contributed by atoms with Crippen molar-refractivity contribution < 1.29 is 13.2 Å². The second-order valence-electron chi connectivity index (χ2n) is 7.19. The highest BCUT2D eigenvalue weighted by Gasteiger charge is 2.37. The van der Waals surface area contributed by atoms with E-state index in [9.17, 15) is 13.2 Å². The maximum absolute atomic E-state index is 13.1. The standard InChI is InChI=1S/C20H20Cl3N3O3S/c21-20(22,23)19(27)25-13-11-24(12-14-25)17-7-4-8-18-16(17)9-10-26(18)30(28,29)15-5-2-1-3-6-15/h1-8H,9-14H2. The van der Waals surface area contributed by atoms with Gasteiger partial charge in [0.25, 0.3) is 19.7 Å². The summed E-state index contributed by atoms with van der Waals surface area (Å²) in [7, 11) is -3.62. The van der Waals surface area contributed by atoms with Gasteiger partial charge in [-0.25, -0.2) is 8.42 Å². The van der Waals surface area contributed by atoms with E-state index in [-0.39, 0.29) is 4.90 Å². The Kier molecular flexibility index (Phi) is 5.83. The molecule has 0 aromatic heterocycles. The van der Waals surface area contributed by atoms with Gasteiger partial charge in [0, 0.05) is 44.0 Å². The topological polar surface area (TPSA) is 60.9 Å². The number of carbonyl (C=O) groups is 1. The van der Waals surface area contributed by atoms with Crippen LogP contribution in [0.2, 0.25) is 0 Å². The zero-order valence-electron chi connectivity index (χ0n) is 16.0. The van der Waals surface area contributed by atoms with Gasteiger partial charge in [0.1, 0.15) is 0 Å². The molecule has 0 spiro atoms. The summed E-state index contributed by atoms with van der Waals surface area (Å²) in [4.78, 5) is 16.1. The van der Waals surface area contributed by atoms with Crippen LogP contribution in [0.1, 0.15) is 5.56 Å². The van der Waals surface area contributed by atoms with Gasteiger partial charge < -0.3 is 9.80 Å². The van der Waals surface area contributed by atoms with E-state index in [1.807, 2.05) is 18.2 Å². The third-order valence-corrected chi connectivity index (χ3v) is 7.75. The number of carbonyl (C=O) groups excluding carboxylic acids is 1. The largest absolute Gasteiger partial charge is 0.368 e. The number of fused-ring (bicyclic) bond motifs is 1. The summed E-state index contributed by atoms with van der Waals surface area (Å²) >= 11 is 17.2. The van der Waals surface area contributed by atoms with Crippen LogP contribution in [0.15, 0.2) is 53.4 Å². The van der Waals surface area contributed by atoms with Gasteiger partial charge in [-0.15, -0.1) is 0 Å². The molecule has 2 aliphatic heterocycles. The number of amides is 1. The lowest BCUT2D eigenvalue weighted by molar-refractivity contribution is -0.130. The third-order valence-electron chi connectivity index (χ3n) is 5.44. The summed E-state index contributed by atoms with van der Waals surface area (Å²) < 4.78 is 25.8. The first kappa shape index (κ1) is 21.6. The summed E-state index contributed by atoms with van der Waals surface area (Å²) in [6.45, 7) is 2.42. The van der Waals surface area contributed by atoms with Crippen molar-refractivity contribution in [1.82, 2.24) is 4.90 Å². The number of halogens is 3. The van der Waals surface area contributed by atoms with E-state index in [2.05, 4.69) is 4.90 Å². The van der Waals surface area contributed by atoms with Crippen molar-refractivity contribution in [3.8, 4) is 0 Å². The fraction of sp³-hybridized carbons (Fsp3) is 0.350. The van der Waals surface area contributed by atoms with Gasteiger partial charge in [-0.1, -0.05) is 59.1 Å². The molecule has 0 N–H and O–H groups in total. The summed E-state index contributed by atoms with van der Waals surface area (Å²) in [6, 6.07) is 14.2. The van der Waals surface area contributed by atoms with Crippen LogP contribution in [0, 0.1) is 0 Å². The van der Waals surface area contributed by atoms with E-state index in [1.165, 1.54) is 4.31 Å². The minimum Gasteiger partial charge on any atom is -0.368 e. The fourth-order valence-corrected chi connectivity index (χ4v) is 5.86. The Bertz CT molecular complexity index is 1050. The van der Waals surface area contributed by atoms with Crippen LogP contribution in [-0.2, 0) is 21.2 Å². The van der Waals surface area contributed by atoms with Crippen molar-refractivity contribution in [2.75, 3.05) is 41.9 Å². The number of nitrogens with zero attached hydrogens (tertiary/aromatic N) is 3. The fourth-order valence-electron chi connectivity index (χ4n) is 3.98. The number of anilines is 2. The highest BCUT2D eigenvalue weighted by atomic mass is 35.6. The van der Waals surface area contributed by atoms with Crippen LogP contribution in [0.3, 0.4) is 0 Å². The number of rotatable bonds is 3. The molecule has 2 aromatic carbocycles. The normalized spacial score (nSPS) is 17.2. The van der Waals surface area contributed by atoms with Crippen LogP contribution in [0.25, 0.3) is 0 Å². The highest BCUT2D eigenvalue weighted by molar-refractivity contribution is 7.92. The lowest BCUT2D eigenvalue weighted by Crippen LogP contribution is -2.52.